The molecule has 0 heteroatoms. The van der Waals surface area contributed by atoms with E-state index in [-0.39, 0.29) is 0 Å². The third-order valence-corrected chi connectivity index (χ3v) is 2.30. The smallest absolute Gasteiger partial charge is 0.0417 e. The van der Waals surface area contributed by atoms with Gasteiger partial charge in [-0.1, -0.05) is 135 Å². The van der Waals surface area contributed by atoms with Crippen LogP contribution in [0, 0.1) is 5.92 Å². The molecule has 0 unspecified atom stereocenters. The van der Waals surface area contributed by atoms with Gasteiger partial charge in [0, 0.05) is 0 Å². The minimum atomic E-state index is 1.09. The SMILES string of the molecule is CC.CC.CC.CC.CC.CCC.CCC1CCCCC1. The highest BCUT2D eigenvalue weighted by Crippen LogP contribution is 2.25. The first-order valence-corrected chi connectivity index (χ1v) is 10.3. The van der Waals surface area contributed by atoms with E-state index in [9.17, 15) is 0 Å². The van der Waals surface area contributed by atoms with Gasteiger partial charge in [0.2, 0.25) is 0 Å². The van der Waals surface area contributed by atoms with Crippen molar-refractivity contribution in [2.45, 2.75) is 135 Å². The minimum absolute atomic E-state index is 1.09. The third-order valence-electron chi connectivity index (χ3n) is 2.30. The van der Waals surface area contributed by atoms with Crippen LogP contribution in [0.5, 0.6) is 0 Å². The molecule has 1 aliphatic rings. The molecule has 0 aliphatic heterocycles. The fourth-order valence-electron chi connectivity index (χ4n) is 1.60. The Hall–Kier alpha value is 0. The van der Waals surface area contributed by atoms with Crippen LogP contribution in [0.1, 0.15) is 135 Å². The Kier molecular flexibility index (Phi) is 128. The summed E-state index contributed by atoms with van der Waals surface area (Å²) in [6.07, 6.45) is 10.2. The average Bonchev–Trinajstić information content (AvgIpc) is 2.65. The molecule has 0 spiro atoms. The van der Waals surface area contributed by atoms with Crippen LogP contribution in [-0.2, 0) is 0 Å². The molecule has 0 aromatic rings. The van der Waals surface area contributed by atoms with Crippen molar-refractivity contribution in [2.24, 2.45) is 5.92 Å². The normalized spacial score (nSPS) is 11.3. The van der Waals surface area contributed by atoms with Gasteiger partial charge in [0.15, 0.2) is 0 Å². The summed E-state index contributed by atoms with van der Waals surface area (Å²) in [7, 11) is 0. The zero-order valence-corrected chi connectivity index (χ0v) is 18.5. The largest absolute Gasteiger partial charge is 0.0683 e. The van der Waals surface area contributed by atoms with Gasteiger partial charge in [-0.15, -0.1) is 0 Å². The molecule has 0 saturated heterocycles. The summed E-state index contributed by atoms with van der Waals surface area (Å²) in [6, 6.07) is 0. The summed E-state index contributed by atoms with van der Waals surface area (Å²) < 4.78 is 0. The summed E-state index contributed by atoms with van der Waals surface area (Å²) in [6.45, 7) is 26.6. The first kappa shape index (κ1) is 37.3. The van der Waals surface area contributed by atoms with Gasteiger partial charge in [0.05, 0.1) is 0 Å². The first-order chi connectivity index (χ1) is 10.3. The van der Waals surface area contributed by atoms with E-state index in [4.69, 9.17) is 0 Å². The zero-order chi connectivity index (χ0) is 18.5. The maximum absolute atomic E-state index is 2.32. The van der Waals surface area contributed by atoms with Crippen LogP contribution in [0.2, 0.25) is 0 Å². The predicted molar refractivity (Wildman–Crippen MR) is 110 cm³/mol. The van der Waals surface area contributed by atoms with Crippen molar-refractivity contribution in [3.8, 4) is 0 Å². The Labute approximate surface area is 141 Å². The van der Waals surface area contributed by atoms with Gasteiger partial charge in [-0.25, -0.2) is 0 Å². The second-order valence-electron chi connectivity index (χ2n) is 3.62. The van der Waals surface area contributed by atoms with Crippen LogP contribution >= 0.6 is 0 Å². The quantitative estimate of drug-likeness (QED) is 0.452. The van der Waals surface area contributed by atoms with Gasteiger partial charge < -0.3 is 0 Å². The molecule has 0 N–H and O–H groups in total. The van der Waals surface area contributed by atoms with E-state index < -0.39 is 0 Å². The van der Waals surface area contributed by atoms with Crippen molar-refractivity contribution in [1.29, 1.82) is 0 Å². The number of hydrogen-bond acceptors (Lipinski definition) is 0. The number of hydrogen-bond donors (Lipinski definition) is 0. The van der Waals surface area contributed by atoms with Crippen LogP contribution in [0.25, 0.3) is 0 Å². The molecular weight excluding hydrogens is 252 g/mol. The van der Waals surface area contributed by atoms with Gasteiger partial charge in [0.25, 0.3) is 0 Å². The lowest BCUT2D eigenvalue weighted by atomic mass is 9.88. The van der Waals surface area contributed by atoms with E-state index in [0.29, 0.717) is 0 Å². The topological polar surface area (TPSA) is 0 Å². The van der Waals surface area contributed by atoms with Crippen LogP contribution in [-0.4, -0.2) is 0 Å². The molecule has 138 valence electrons. The molecule has 1 aliphatic carbocycles. The van der Waals surface area contributed by atoms with Gasteiger partial charge in [-0.3, -0.25) is 0 Å². The van der Waals surface area contributed by atoms with E-state index in [1.165, 1.54) is 44.9 Å². The summed E-state index contributed by atoms with van der Waals surface area (Å²) in [5, 5.41) is 0. The fraction of sp³-hybridized carbons (Fsp3) is 1.00. The Morgan fingerprint density at radius 2 is 0.762 bits per heavy atom. The maximum Gasteiger partial charge on any atom is -0.0417 e. The molecule has 1 saturated carbocycles. The molecule has 0 radical (unpaired) electrons. The molecule has 0 amide bonds. The van der Waals surface area contributed by atoms with Crippen molar-refractivity contribution in [3.05, 3.63) is 0 Å². The summed E-state index contributed by atoms with van der Waals surface area (Å²) >= 11 is 0. The lowest BCUT2D eigenvalue weighted by Crippen LogP contribution is -2.03. The highest BCUT2D eigenvalue weighted by molar-refractivity contribution is 4.63. The molecule has 1 fully saturated rings. The molecular formula is C21H54. The molecule has 0 aromatic carbocycles. The van der Waals surface area contributed by atoms with Gasteiger partial charge in [0.1, 0.15) is 0 Å². The van der Waals surface area contributed by atoms with Crippen LogP contribution in [0.4, 0.5) is 0 Å². The predicted octanol–water partition coefficient (Wildman–Crippen LogP) is 9.52. The highest BCUT2D eigenvalue weighted by Gasteiger charge is 2.09. The van der Waals surface area contributed by atoms with E-state index >= 15 is 0 Å². The van der Waals surface area contributed by atoms with Crippen LogP contribution in [0.15, 0.2) is 0 Å². The lowest BCUT2D eigenvalue weighted by Gasteiger charge is -2.18. The van der Waals surface area contributed by atoms with Gasteiger partial charge in [-0.2, -0.15) is 0 Å². The highest BCUT2D eigenvalue weighted by atomic mass is 14.2. The second-order valence-corrected chi connectivity index (χ2v) is 3.62. The van der Waals surface area contributed by atoms with E-state index in [1.807, 2.05) is 69.2 Å². The Bertz CT molecular complexity index is 60.4. The van der Waals surface area contributed by atoms with Crippen molar-refractivity contribution in [2.75, 3.05) is 0 Å². The summed E-state index contributed by atoms with van der Waals surface area (Å²) in [5.74, 6) is 1.09. The zero-order valence-electron chi connectivity index (χ0n) is 18.5. The molecule has 0 bridgehead atoms. The summed E-state index contributed by atoms with van der Waals surface area (Å²) in [4.78, 5) is 0. The molecule has 0 aromatic heterocycles. The minimum Gasteiger partial charge on any atom is -0.0683 e. The van der Waals surface area contributed by atoms with E-state index in [0.717, 1.165) is 5.92 Å². The third kappa shape index (κ3) is 64.8. The first-order valence-electron chi connectivity index (χ1n) is 10.3. The van der Waals surface area contributed by atoms with Crippen LogP contribution in [0.3, 0.4) is 0 Å². The molecule has 1 rings (SSSR count). The Morgan fingerprint density at radius 1 is 0.524 bits per heavy atom. The molecule has 0 heterocycles. The van der Waals surface area contributed by atoms with E-state index in [1.54, 1.807) is 0 Å². The van der Waals surface area contributed by atoms with Crippen molar-refractivity contribution >= 4 is 0 Å². The second kappa shape index (κ2) is 72.2. The maximum atomic E-state index is 2.32. The Morgan fingerprint density at radius 3 is 0.905 bits per heavy atom. The van der Waals surface area contributed by atoms with E-state index in [2.05, 4.69) is 20.8 Å². The van der Waals surface area contributed by atoms with Crippen molar-refractivity contribution in [3.63, 3.8) is 0 Å². The molecule has 0 nitrogen and oxygen atoms in total. The molecule has 21 heavy (non-hydrogen) atoms. The Balaban J connectivity index is -0.0000000371. The van der Waals surface area contributed by atoms with Crippen molar-refractivity contribution in [1.82, 2.24) is 0 Å². The van der Waals surface area contributed by atoms with Crippen LogP contribution < -0.4 is 0 Å². The molecule has 0 atom stereocenters. The average molecular weight is 307 g/mol. The lowest BCUT2D eigenvalue weighted by molar-refractivity contribution is 0.349. The van der Waals surface area contributed by atoms with Gasteiger partial charge >= 0.3 is 0 Å². The standard InChI is InChI=1S/C8H16.C3H8.5C2H6/c1-2-8-6-4-3-5-7-8;1-3-2;5*1-2/h8H,2-7H2,1H3;3H2,1-2H3;5*1-2H3. The fourth-order valence-corrected chi connectivity index (χ4v) is 1.60. The summed E-state index contributed by atoms with van der Waals surface area (Å²) in [5.41, 5.74) is 0. The number of rotatable bonds is 1. The monoisotopic (exact) mass is 306 g/mol. The van der Waals surface area contributed by atoms with Crippen molar-refractivity contribution < 1.29 is 0 Å². The van der Waals surface area contributed by atoms with Gasteiger partial charge in [-0.05, 0) is 5.92 Å².